The number of benzene rings is 2. The summed E-state index contributed by atoms with van der Waals surface area (Å²) in [6.07, 6.45) is 1.85. The number of amides is 1. The summed E-state index contributed by atoms with van der Waals surface area (Å²) in [6.45, 7) is 8.07. The zero-order valence-corrected chi connectivity index (χ0v) is 16.4. The molecule has 2 aromatic carbocycles. The molecule has 1 fully saturated rings. The van der Waals surface area contributed by atoms with Crippen molar-refractivity contribution in [2.24, 2.45) is 5.92 Å². The highest BCUT2D eigenvalue weighted by atomic mass is 16.5. The molecule has 1 aliphatic heterocycles. The van der Waals surface area contributed by atoms with Gasteiger partial charge in [-0.2, -0.15) is 0 Å². The average molecular weight is 367 g/mol. The van der Waals surface area contributed by atoms with Gasteiger partial charge in [-0.05, 0) is 62.5 Å². The molecule has 3 rings (SSSR count). The standard InChI is InChI=1S/C23H30N2O2/c1-18-8-9-19(2)22(16-18)27-15-12-24-23(26)21-10-13-25(14-11-21)17-20-6-4-3-5-7-20/h3-9,16,21H,10-15,17H2,1-2H3,(H,24,26). The molecule has 0 saturated carbocycles. The number of nitrogens with one attached hydrogen (secondary N) is 1. The van der Waals surface area contributed by atoms with Crippen molar-refractivity contribution in [3.05, 3.63) is 65.2 Å². The fraction of sp³-hybridized carbons (Fsp3) is 0.435. The molecule has 0 aliphatic carbocycles. The first kappa shape index (κ1) is 19.4. The molecule has 1 N–H and O–H groups in total. The van der Waals surface area contributed by atoms with Gasteiger partial charge in [0.05, 0.1) is 6.54 Å². The van der Waals surface area contributed by atoms with Crippen LogP contribution in [0.3, 0.4) is 0 Å². The number of aryl methyl sites for hydroxylation is 2. The van der Waals surface area contributed by atoms with Gasteiger partial charge in [-0.1, -0.05) is 42.5 Å². The molecule has 144 valence electrons. The van der Waals surface area contributed by atoms with Crippen molar-refractivity contribution in [3.63, 3.8) is 0 Å². The summed E-state index contributed by atoms with van der Waals surface area (Å²) in [5.74, 6) is 1.19. The second kappa shape index (κ2) is 9.56. The molecule has 1 aliphatic rings. The Bertz CT molecular complexity index is 737. The fourth-order valence-corrected chi connectivity index (χ4v) is 3.54. The van der Waals surface area contributed by atoms with Crippen LogP contribution in [0.1, 0.15) is 29.5 Å². The number of carbonyl (C=O) groups is 1. The Morgan fingerprint density at radius 1 is 1.11 bits per heavy atom. The lowest BCUT2D eigenvalue weighted by Gasteiger charge is -2.31. The van der Waals surface area contributed by atoms with Crippen LogP contribution in [-0.2, 0) is 11.3 Å². The summed E-state index contributed by atoms with van der Waals surface area (Å²) in [7, 11) is 0. The van der Waals surface area contributed by atoms with Crippen molar-refractivity contribution in [1.29, 1.82) is 0 Å². The van der Waals surface area contributed by atoms with E-state index in [0.29, 0.717) is 13.2 Å². The van der Waals surface area contributed by atoms with Gasteiger partial charge in [0.25, 0.3) is 0 Å². The maximum absolute atomic E-state index is 12.4. The van der Waals surface area contributed by atoms with E-state index in [1.54, 1.807) is 0 Å². The van der Waals surface area contributed by atoms with Gasteiger partial charge in [0.1, 0.15) is 12.4 Å². The maximum Gasteiger partial charge on any atom is 0.223 e. The number of ether oxygens (including phenoxy) is 1. The van der Waals surface area contributed by atoms with Gasteiger partial charge in [-0.15, -0.1) is 0 Å². The number of nitrogens with zero attached hydrogens (tertiary/aromatic N) is 1. The second-order valence-corrected chi connectivity index (χ2v) is 7.44. The first-order valence-electron chi connectivity index (χ1n) is 9.86. The molecule has 0 spiro atoms. The number of rotatable bonds is 7. The second-order valence-electron chi connectivity index (χ2n) is 7.44. The maximum atomic E-state index is 12.4. The summed E-state index contributed by atoms with van der Waals surface area (Å²) in [5, 5.41) is 3.04. The van der Waals surface area contributed by atoms with Crippen LogP contribution in [0.2, 0.25) is 0 Å². The lowest BCUT2D eigenvalue weighted by atomic mass is 9.95. The number of hydrogen-bond donors (Lipinski definition) is 1. The summed E-state index contributed by atoms with van der Waals surface area (Å²) in [6, 6.07) is 16.7. The van der Waals surface area contributed by atoms with Gasteiger partial charge in [-0.3, -0.25) is 9.69 Å². The zero-order valence-electron chi connectivity index (χ0n) is 16.4. The van der Waals surface area contributed by atoms with Crippen molar-refractivity contribution in [3.8, 4) is 5.75 Å². The molecule has 1 amide bonds. The number of carbonyl (C=O) groups excluding carboxylic acids is 1. The van der Waals surface area contributed by atoms with Crippen LogP contribution >= 0.6 is 0 Å². The molecule has 1 saturated heterocycles. The van der Waals surface area contributed by atoms with Crippen LogP contribution in [-0.4, -0.2) is 37.0 Å². The lowest BCUT2D eigenvalue weighted by molar-refractivity contribution is -0.126. The Kier molecular flexibility index (Phi) is 6.88. The Morgan fingerprint density at radius 3 is 2.59 bits per heavy atom. The van der Waals surface area contributed by atoms with E-state index in [-0.39, 0.29) is 11.8 Å². The molecule has 0 aromatic heterocycles. The van der Waals surface area contributed by atoms with E-state index in [1.165, 1.54) is 11.1 Å². The van der Waals surface area contributed by atoms with Crippen molar-refractivity contribution in [2.75, 3.05) is 26.2 Å². The minimum absolute atomic E-state index is 0.123. The Balaban J connectivity index is 1.35. The summed E-state index contributed by atoms with van der Waals surface area (Å²) < 4.78 is 5.82. The molecular weight excluding hydrogens is 336 g/mol. The number of piperidine rings is 1. The minimum atomic E-state index is 0.123. The van der Waals surface area contributed by atoms with Gasteiger partial charge >= 0.3 is 0 Å². The van der Waals surface area contributed by atoms with Gasteiger partial charge in [-0.25, -0.2) is 0 Å². The highest BCUT2D eigenvalue weighted by Gasteiger charge is 2.24. The van der Waals surface area contributed by atoms with Gasteiger partial charge in [0.15, 0.2) is 0 Å². The van der Waals surface area contributed by atoms with Crippen molar-refractivity contribution in [1.82, 2.24) is 10.2 Å². The summed E-state index contributed by atoms with van der Waals surface area (Å²) in [5.41, 5.74) is 3.64. The average Bonchev–Trinajstić information content (AvgIpc) is 2.69. The predicted octanol–water partition coefficient (Wildman–Crippen LogP) is 3.71. The molecule has 2 aromatic rings. The monoisotopic (exact) mass is 366 g/mol. The van der Waals surface area contributed by atoms with Crippen LogP contribution < -0.4 is 10.1 Å². The van der Waals surface area contributed by atoms with E-state index in [1.807, 2.05) is 19.1 Å². The van der Waals surface area contributed by atoms with Crippen LogP contribution in [0.5, 0.6) is 5.75 Å². The Morgan fingerprint density at radius 2 is 1.85 bits per heavy atom. The van der Waals surface area contributed by atoms with E-state index < -0.39 is 0 Å². The Hall–Kier alpha value is -2.33. The van der Waals surface area contributed by atoms with E-state index in [0.717, 1.165) is 43.8 Å². The third-order valence-electron chi connectivity index (χ3n) is 5.21. The lowest BCUT2D eigenvalue weighted by Crippen LogP contribution is -2.41. The van der Waals surface area contributed by atoms with E-state index >= 15 is 0 Å². The number of hydrogen-bond acceptors (Lipinski definition) is 3. The Labute approximate surface area is 162 Å². The van der Waals surface area contributed by atoms with Crippen molar-refractivity contribution in [2.45, 2.75) is 33.2 Å². The molecule has 0 bridgehead atoms. The van der Waals surface area contributed by atoms with Gasteiger partial charge < -0.3 is 10.1 Å². The van der Waals surface area contributed by atoms with Gasteiger partial charge in [0.2, 0.25) is 5.91 Å². The van der Waals surface area contributed by atoms with Gasteiger partial charge in [0, 0.05) is 12.5 Å². The first-order chi connectivity index (χ1) is 13.1. The summed E-state index contributed by atoms with van der Waals surface area (Å²) in [4.78, 5) is 14.8. The third kappa shape index (κ3) is 5.83. The summed E-state index contributed by atoms with van der Waals surface area (Å²) >= 11 is 0. The fourth-order valence-electron chi connectivity index (χ4n) is 3.54. The van der Waals surface area contributed by atoms with Crippen molar-refractivity contribution < 1.29 is 9.53 Å². The molecule has 4 heteroatoms. The minimum Gasteiger partial charge on any atom is -0.491 e. The highest BCUT2D eigenvalue weighted by Crippen LogP contribution is 2.20. The largest absolute Gasteiger partial charge is 0.491 e. The normalized spacial score (nSPS) is 15.5. The zero-order chi connectivity index (χ0) is 19.1. The third-order valence-corrected chi connectivity index (χ3v) is 5.21. The van der Waals surface area contributed by atoms with E-state index in [2.05, 4.69) is 53.5 Å². The van der Waals surface area contributed by atoms with Crippen LogP contribution in [0.25, 0.3) is 0 Å². The smallest absolute Gasteiger partial charge is 0.223 e. The molecule has 4 nitrogen and oxygen atoms in total. The first-order valence-corrected chi connectivity index (χ1v) is 9.86. The van der Waals surface area contributed by atoms with Crippen LogP contribution in [0, 0.1) is 19.8 Å². The SMILES string of the molecule is Cc1ccc(C)c(OCCNC(=O)C2CCN(Cc3ccccc3)CC2)c1. The predicted molar refractivity (Wildman–Crippen MR) is 109 cm³/mol. The molecule has 1 heterocycles. The highest BCUT2D eigenvalue weighted by molar-refractivity contribution is 5.78. The quantitative estimate of drug-likeness (QED) is 0.760. The molecule has 0 unspecified atom stereocenters. The molecular formula is C23H30N2O2. The molecule has 0 radical (unpaired) electrons. The topological polar surface area (TPSA) is 41.6 Å². The van der Waals surface area contributed by atoms with E-state index in [4.69, 9.17) is 4.74 Å². The molecule has 27 heavy (non-hydrogen) atoms. The van der Waals surface area contributed by atoms with Crippen LogP contribution in [0.15, 0.2) is 48.5 Å². The van der Waals surface area contributed by atoms with Crippen LogP contribution in [0.4, 0.5) is 0 Å². The number of likely N-dealkylation sites (tertiary alicyclic amines) is 1. The molecule has 0 atom stereocenters. The van der Waals surface area contributed by atoms with Crippen molar-refractivity contribution >= 4 is 5.91 Å². The van der Waals surface area contributed by atoms with E-state index in [9.17, 15) is 4.79 Å².